The van der Waals surface area contributed by atoms with Crippen LogP contribution in [0.1, 0.15) is 0 Å². The van der Waals surface area contributed by atoms with E-state index in [1.165, 1.54) is 5.39 Å². The molecule has 0 bridgehead atoms. The van der Waals surface area contributed by atoms with E-state index in [0.717, 1.165) is 88.7 Å². The largest absolute Gasteiger partial charge is 0.456 e. The second-order valence-corrected chi connectivity index (χ2v) is 12.8. The van der Waals surface area contributed by atoms with Crippen molar-refractivity contribution in [3.8, 4) is 56.3 Å². The first kappa shape index (κ1) is 29.0. The van der Waals surface area contributed by atoms with Crippen LogP contribution in [-0.2, 0) is 0 Å². The van der Waals surface area contributed by atoms with E-state index >= 15 is 0 Å². The van der Waals surface area contributed by atoms with E-state index in [-0.39, 0.29) is 0 Å². The van der Waals surface area contributed by atoms with E-state index in [2.05, 4.69) is 127 Å². The van der Waals surface area contributed by atoms with Gasteiger partial charge in [-0.15, -0.1) is 0 Å². The van der Waals surface area contributed by atoms with Crippen molar-refractivity contribution in [3.05, 3.63) is 176 Å². The molecule has 10 aromatic rings. The molecule has 4 heteroatoms. The summed E-state index contributed by atoms with van der Waals surface area (Å²) in [4.78, 5) is 15.3. The van der Waals surface area contributed by atoms with Crippen molar-refractivity contribution < 1.29 is 4.42 Å². The van der Waals surface area contributed by atoms with Crippen LogP contribution >= 0.6 is 0 Å². The highest BCUT2D eigenvalue weighted by Gasteiger charge is 2.21. The van der Waals surface area contributed by atoms with Gasteiger partial charge in [0.15, 0.2) is 5.82 Å². The number of rotatable bonds is 5. The summed E-state index contributed by atoms with van der Waals surface area (Å²) in [6.45, 7) is 0. The normalized spacial score (nSPS) is 11.5. The molecule has 0 amide bonds. The van der Waals surface area contributed by atoms with Crippen LogP contribution in [0.15, 0.2) is 180 Å². The van der Waals surface area contributed by atoms with Crippen molar-refractivity contribution in [1.82, 2.24) is 15.0 Å². The van der Waals surface area contributed by atoms with Crippen LogP contribution in [0.5, 0.6) is 0 Å². The molecular formula is C47H29N3O. The summed E-state index contributed by atoms with van der Waals surface area (Å²) in [5.74, 6) is 0.696. The number of para-hydroxylation sites is 2. The van der Waals surface area contributed by atoms with E-state index in [9.17, 15) is 0 Å². The van der Waals surface area contributed by atoms with Crippen molar-refractivity contribution in [2.75, 3.05) is 0 Å². The number of fused-ring (bicyclic) bond motifs is 6. The molecule has 0 saturated carbocycles. The predicted molar refractivity (Wildman–Crippen MR) is 209 cm³/mol. The van der Waals surface area contributed by atoms with Crippen LogP contribution < -0.4 is 0 Å². The number of hydrogen-bond acceptors (Lipinski definition) is 4. The first-order valence-corrected chi connectivity index (χ1v) is 17.1. The maximum atomic E-state index is 6.56. The number of pyridine rings is 1. The third-order valence-corrected chi connectivity index (χ3v) is 9.67. The molecule has 0 saturated heterocycles. The van der Waals surface area contributed by atoms with Gasteiger partial charge in [-0.05, 0) is 29.8 Å². The third kappa shape index (κ3) is 4.96. The molecule has 238 valence electrons. The summed E-state index contributed by atoms with van der Waals surface area (Å²) in [6, 6.07) is 60.7. The van der Waals surface area contributed by atoms with Gasteiger partial charge in [0.2, 0.25) is 0 Å². The summed E-state index contributed by atoms with van der Waals surface area (Å²) in [5.41, 5.74) is 11.7. The predicted octanol–water partition coefficient (Wildman–Crippen LogP) is 12.4. The maximum Gasteiger partial charge on any atom is 0.160 e. The molecule has 0 aliphatic heterocycles. The topological polar surface area (TPSA) is 51.8 Å². The minimum absolute atomic E-state index is 0.696. The van der Waals surface area contributed by atoms with Gasteiger partial charge in [0.05, 0.1) is 22.6 Å². The Hall–Kier alpha value is -6.91. The van der Waals surface area contributed by atoms with Crippen LogP contribution in [0.3, 0.4) is 0 Å². The molecule has 0 fully saturated rings. The molecule has 7 aromatic carbocycles. The van der Waals surface area contributed by atoms with Gasteiger partial charge in [0.1, 0.15) is 11.2 Å². The molecule has 0 unspecified atom stereocenters. The summed E-state index contributed by atoms with van der Waals surface area (Å²) in [5, 5.41) is 5.55. The maximum absolute atomic E-state index is 6.56. The fraction of sp³-hybridized carbons (Fsp3) is 0. The Bertz CT molecular complexity index is 2820. The molecule has 4 nitrogen and oxygen atoms in total. The standard InChI is InChI=1S/C47H29N3O/c1-4-14-30(15-5-1)39-29-40(50-47(49-39)34-18-8-3-9-19-34)31-24-26-33(27-25-31)46-37-28-42-45(36-21-11-13-23-41(36)51-42)43(32-16-6-2-7-17-32)44(37)35-20-10-12-22-38(35)48-46/h1-29H. The number of furan rings is 1. The lowest BCUT2D eigenvalue weighted by Crippen LogP contribution is -1.96. The highest BCUT2D eigenvalue weighted by molar-refractivity contribution is 6.27. The minimum atomic E-state index is 0.696. The Morgan fingerprint density at radius 2 is 0.902 bits per heavy atom. The molecule has 51 heavy (non-hydrogen) atoms. The Morgan fingerprint density at radius 3 is 1.61 bits per heavy atom. The fourth-order valence-electron chi connectivity index (χ4n) is 7.30. The highest BCUT2D eigenvalue weighted by Crippen LogP contribution is 2.46. The Kier molecular flexibility index (Phi) is 6.78. The second kappa shape index (κ2) is 11.9. The van der Waals surface area contributed by atoms with Crippen LogP contribution in [-0.4, -0.2) is 15.0 Å². The number of benzene rings is 7. The number of aromatic nitrogens is 3. The van der Waals surface area contributed by atoms with Crippen LogP contribution in [0.2, 0.25) is 0 Å². The number of hydrogen-bond donors (Lipinski definition) is 0. The second-order valence-electron chi connectivity index (χ2n) is 12.8. The van der Waals surface area contributed by atoms with Crippen LogP contribution in [0.4, 0.5) is 0 Å². The molecule has 0 radical (unpaired) electrons. The summed E-state index contributed by atoms with van der Waals surface area (Å²) < 4.78 is 6.56. The van der Waals surface area contributed by atoms with Crippen LogP contribution in [0, 0.1) is 0 Å². The van der Waals surface area contributed by atoms with Crippen molar-refractivity contribution >= 4 is 43.6 Å². The molecule has 0 spiro atoms. The van der Waals surface area contributed by atoms with Gasteiger partial charge >= 0.3 is 0 Å². The van der Waals surface area contributed by atoms with Gasteiger partial charge in [-0.2, -0.15) is 0 Å². The van der Waals surface area contributed by atoms with Crippen molar-refractivity contribution in [2.45, 2.75) is 0 Å². The summed E-state index contributed by atoms with van der Waals surface area (Å²) in [7, 11) is 0. The molecule has 10 rings (SSSR count). The van der Waals surface area contributed by atoms with Gasteiger partial charge in [-0.1, -0.05) is 152 Å². The lowest BCUT2D eigenvalue weighted by molar-refractivity contribution is 0.669. The van der Waals surface area contributed by atoms with Crippen molar-refractivity contribution in [1.29, 1.82) is 0 Å². The SMILES string of the molecule is c1ccc(-c2cc(-c3ccc(-c4nc5ccccc5c5c(-c6ccccc6)c6c(cc45)oc4ccccc46)cc3)nc(-c3ccccc3)n2)cc1. The molecule has 0 aliphatic carbocycles. The van der Waals surface area contributed by atoms with E-state index in [1.807, 2.05) is 48.5 Å². The Labute approximate surface area is 294 Å². The first-order chi connectivity index (χ1) is 25.3. The fourth-order valence-corrected chi connectivity index (χ4v) is 7.30. The van der Waals surface area contributed by atoms with Gasteiger partial charge in [0, 0.05) is 54.7 Å². The first-order valence-electron chi connectivity index (χ1n) is 17.1. The quantitative estimate of drug-likeness (QED) is 0.174. The summed E-state index contributed by atoms with van der Waals surface area (Å²) >= 11 is 0. The third-order valence-electron chi connectivity index (χ3n) is 9.67. The van der Waals surface area contributed by atoms with E-state index in [0.29, 0.717) is 5.82 Å². The zero-order chi connectivity index (χ0) is 33.7. The van der Waals surface area contributed by atoms with Crippen LogP contribution in [0.25, 0.3) is 99.9 Å². The van der Waals surface area contributed by atoms with E-state index < -0.39 is 0 Å². The van der Waals surface area contributed by atoms with Gasteiger partial charge < -0.3 is 4.42 Å². The lowest BCUT2D eigenvalue weighted by atomic mass is 9.89. The monoisotopic (exact) mass is 651 g/mol. The molecule has 0 N–H and O–H groups in total. The zero-order valence-electron chi connectivity index (χ0n) is 27.5. The zero-order valence-corrected chi connectivity index (χ0v) is 27.5. The van der Waals surface area contributed by atoms with E-state index in [4.69, 9.17) is 19.4 Å². The lowest BCUT2D eigenvalue weighted by Gasteiger charge is -2.16. The van der Waals surface area contributed by atoms with Gasteiger partial charge in [-0.25, -0.2) is 15.0 Å². The average molecular weight is 652 g/mol. The van der Waals surface area contributed by atoms with Gasteiger partial charge in [0.25, 0.3) is 0 Å². The number of nitrogens with zero attached hydrogens (tertiary/aromatic N) is 3. The molecular weight excluding hydrogens is 623 g/mol. The minimum Gasteiger partial charge on any atom is -0.456 e. The molecule has 0 aliphatic rings. The summed E-state index contributed by atoms with van der Waals surface area (Å²) in [6.07, 6.45) is 0. The molecule has 0 atom stereocenters. The molecule has 3 aromatic heterocycles. The Morgan fingerprint density at radius 1 is 0.353 bits per heavy atom. The Balaban J connectivity index is 1.20. The average Bonchev–Trinajstić information content (AvgIpc) is 3.59. The van der Waals surface area contributed by atoms with Gasteiger partial charge in [-0.3, -0.25) is 0 Å². The van der Waals surface area contributed by atoms with Crippen molar-refractivity contribution in [2.24, 2.45) is 0 Å². The van der Waals surface area contributed by atoms with Crippen molar-refractivity contribution in [3.63, 3.8) is 0 Å². The van der Waals surface area contributed by atoms with E-state index in [1.54, 1.807) is 0 Å². The molecule has 3 heterocycles. The highest BCUT2D eigenvalue weighted by atomic mass is 16.3. The smallest absolute Gasteiger partial charge is 0.160 e.